The molecule has 0 aromatic heterocycles. The molecule has 0 radical (unpaired) electrons. The van der Waals surface area contributed by atoms with Gasteiger partial charge in [0.05, 0.1) is 45.2 Å². The maximum atomic E-state index is 13.5. The molecular formula is C34H60N4O7. The van der Waals surface area contributed by atoms with Crippen LogP contribution in [0.15, 0.2) is 18.2 Å². The quantitative estimate of drug-likeness (QED) is 0.141. The highest BCUT2D eigenvalue weighted by atomic mass is 16.5. The Balaban J connectivity index is 1.89. The lowest BCUT2D eigenvalue weighted by molar-refractivity contribution is -0.134. The summed E-state index contributed by atoms with van der Waals surface area (Å²) in [5.41, 5.74) is 8.40. The molecule has 0 spiro atoms. The Hall–Kier alpha value is -2.28. The van der Waals surface area contributed by atoms with Crippen LogP contribution in [0.5, 0.6) is 5.75 Å². The molecule has 11 heteroatoms. The molecule has 1 aromatic carbocycles. The number of carbonyl (C=O) groups is 2. The van der Waals surface area contributed by atoms with E-state index in [0.717, 1.165) is 55.8 Å². The second kappa shape index (κ2) is 21.5. The number of hydrogen-bond acceptors (Lipinski definition) is 9. The first-order valence-electron chi connectivity index (χ1n) is 16.7. The topological polar surface area (TPSA) is 145 Å². The molecule has 258 valence electrons. The van der Waals surface area contributed by atoms with Crippen molar-refractivity contribution >= 4 is 11.8 Å². The number of nitrogens with one attached hydrogen (secondary N) is 2. The lowest BCUT2D eigenvalue weighted by Crippen LogP contribution is -2.54. The number of aliphatic hydroxyl groups is 1. The molecule has 1 saturated heterocycles. The summed E-state index contributed by atoms with van der Waals surface area (Å²) in [7, 11) is 1.68. The van der Waals surface area contributed by atoms with Gasteiger partial charge >= 0.3 is 0 Å². The fourth-order valence-electron chi connectivity index (χ4n) is 5.28. The molecule has 2 rings (SSSR count). The van der Waals surface area contributed by atoms with Crippen molar-refractivity contribution in [3.05, 3.63) is 29.3 Å². The number of methoxy groups -OCH3 is 1. The first kappa shape index (κ1) is 38.9. The van der Waals surface area contributed by atoms with Gasteiger partial charge in [0.15, 0.2) is 0 Å². The van der Waals surface area contributed by atoms with Gasteiger partial charge in [-0.15, -0.1) is 0 Å². The molecule has 5 N–H and O–H groups in total. The predicted molar refractivity (Wildman–Crippen MR) is 176 cm³/mol. The molecule has 1 fully saturated rings. The van der Waals surface area contributed by atoms with Gasteiger partial charge in [0.25, 0.3) is 0 Å². The zero-order valence-corrected chi connectivity index (χ0v) is 28.5. The molecular weight excluding hydrogens is 576 g/mol. The predicted octanol–water partition coefficient (Wildman–Crippen LogP) is 2.51. The number of nitrogens with two attached hydrogens (primary N) is 1. The number of rotatable bonds is 22. The molecule has 0 saturated carbocycles. The van der Waals surface area contributed by atoms with Crippen LogP contribution in [0.2, 0.25) is 0 Å². The molecule has 45 heavy (non-hydrogen) atoms. The van der Waals surface area contributed by atoms with Gasteiger partial charge in [-0.1, -0.05) is 53.2 Å². The lowest BCUT2D eigenvalue weighted by Gasteiger charge is -2.30. The third-order valence-corrected chi connectivity index (χ3v) is 8.60. The first-order valence-corrected chi connectivity index (χ1v) is 16.7. The van der Waals surface area contributed by atoms with Gasteiger partial charge < -0.3 is 40.4 Å². The van der Waals surface area contributed by atoms with E-state index in [4.69, 9.17) is 24.7 Å². The fourth-order valence-corrected chi connectivity index (χ4v) is 5.28. The third kappa shape index (κ3) is 13.9. The van der Waals surface area contributed by atoms with Crippen LogP contribution in [-0.2, 0) is 36.8 Å². The highest BCUT2D eigenvalue weighted by Gasteiger charge is 2.32. The van der Waals surface area contributed by atoms with Crippen LogP contribution in [-0.4, -0.2) is 106 Å². The van der Waals surface area contributed by atoms with E-state index in [9.17, 15) is 14.7 Å². The van der Waals surface area contributed by atoms with Crippen molar-refractivity contribution in [3.8, 4) is 5.75 Å². The fraction of sp³-hybridized carbons (Fsp3) is 0.765. The molecule has 5 atom stereocenters. The largest absolute Gasteiger partial charge is 0.493 e. The highest BCUT2D eigenvalue weighted by molar-refractivity contribution is 5.88. The molecule has 2 amide bonds. The van der Waals surface area contributed by atoms with Crippen molar-refractivity contribution in [3.63, 3.8) is 0 Å². The minimum atomic E-state index is -0.949. The molecule has 11 nitrogen and oxygen atoms in total. The maximum absolute atomic E-state index is 13.5. The van der Waals surface area contributed by atoms with E-state index in [-0.39, 0.29) is 36.7 Å². The summed E-state index contributed by atoms with van der Waals surface area (Å²) >= 11 is 0. The van der Waals surface area contributed by atoms with Crippen molar-refractivity contribution in [1.29, 1.82) is 0 Å². The molecule has 1 aromatic rings. The molecule has 0 aliphatic carbocycles. The van der Waals surface area contributed by atoms with Gasteiger partial charge in [0, 0.05) is 52.2 Å². The highest BCUT2D eigenvalue weighted by Crippen LogP contribution is 2.23. The number of morpholine rings is 1. The SMILES string of the molecule is CCc1ccc(COC[C@H](N)[C@@H](O)C[C@H](C(=O)N[C@H](C(=O)NCCN2CCOCC2)[C@@H](C)CC)C(C)C)cc1OCCCOC. The Kier molecular flexibility index (Phi) is 18.6. The van der Waals surface area contributed by atoms with E-state index < -0.39 is 24.1 Å². The summed E-state index contributed by atoms with van der Waals surface area (Å²) in [6.07, 6.45) is 1.63. The Morgan fingerprint density at radius 3 is 2.49 bits per heavy atom. The molecule has 1 aliphatic rings. The van der Waals surface area contributed by atoms with Crippen LogP contribution in [0.25, 0.3) is 0 Å². The zero-order chi connectivity index (χ0) is 33.2. The van der Waals surface area contributed by atoms with Gasteiger partial charge in [-0.25, -0.2) is 0 Å². The molecule has 0 bridgehead atoms. The summed E-state index contributed by atoms with van der Waals surface area (Å²) in [4.78, 5) is 28.9. The standard InChI is InChI=1S/C34H60N4O7/c1-7-25(5)32(34(41)36-12-13-38-14-18-43-19-15-38)37-33(40)28(24(3)4)21-30(39)29(35)23-44-22-26-10-11-27(8-2)31(20-26)45-17-9-16-42-6/h10-11,20,24-25,28-30,32,39H,7-9,12-19,21-23,35H2,1-6H3,(H,36,41)(H,37,40)/t25-,28-,29-,30-,32-/m0/s1. The minimum absolute atomic E-state index is 0.0478. The van der Waals surface area contributed by atoms with E-state index in [1.807, 2.05) is 45.9 Å². The van der Waals surface area contributed by atoms with E-state index in [1.54, 1.807) is 7.11 Å². The zero-order valence-electron chi connectivity index (χ0n) is 28.5. The Morgan fingerprint density at radius 1 is 1.11 bits per heavy atom. The second-order valence-electron chi connectivity index (χ2n) is 12.4. The number of nitrogens with zero attached hydrogens (tertiary/aromatic N) is 1. The Labute approximate surface area is 270 Å². The summed E-state index contributed by atoms with van der Waals surface area (Å²) < 4.78 is 22.3. The molecule has 1 heterocycles. The number of amides is 2. The summed E-state index contributed by atoms with van der Waals surface area (Å²) in [5, 5.41) is 17.0. The summed E-state index contributed by atoms with van der Waals surface area (Å²) in [6, 6.07) is 4.71. The number of carbonyl (C=O) groups excluding carboxylic acids is 2. The Bertz CT molecular complexity index is 989. The van der Waals surface area contributed by atoms with Crippen molar-refractivity contribution in [2.45, 2.75) is 85.1 Å². The van der Waals surface area contributed by atoms with Crippen LogP contribution in [0, 0.1) is 17.8 Å². The summed E-state index contributed by atoms with van der Waals surface area (Å²) in [5.74, 6) is -0.221. The van der Waals surface area contributed by atoms with E-state index in [2.05, 4.69) is 22.5 Å². The minimum Gasteiger partial charge on any atom is -0.493 e. The van der Waals surface area contributed by atoms with Crippen molar-refractivity contribution in [2.75, 3.05) is 66.3 Å². The number of ether oxygens (including phenoxy) is 4. The van der Waals surface area contributed by atoms with E-state index >= 15 is 0 Å². The number of benzene rings is 1. The van der Waals surface area contributed by atoms with E-state index in [0.29, 0.717) is 39.6 Å². The van der Waals surface area contributed by atoms with Crippen LogP contribution in [0.3, 0.4) is 0 Å². The second-order valence-corrected chi connectivity index (χ2v) is 12.4. The normalized spacial score (nSPS) is 17.4. The molecule has 1 aliphatic heterocycles. The molecule has 0 unspecified atom stereocenters. The summed E-state index contributed by atoms with van der Waals surface area (Å²) in [6.45, 7) is 16.0. The van der Waals surface area contributed by atoms with Gasteiger partial charge in [-0.2, -0.15) is 0 Å². The number of hydrogen-bond donors (Lipinski definition) is 4. The average Bonchev–Trinajstić information content (AvgIpc) is 3.04. The van der Waals surface area contributed by atoms with Gasteiger partial charge in [-0.05, 0) is 41.9 Å². The van der Waals surface area contributed by atoms with E-state index in [1.165, 1.54) is 0 Å². The smallest absolute Gasteiger partial charge is 0.242 e. The number of aliphatic hydroxyl groups excluding tert-OH is 1. The lowest BCUT2D eigenvalue weighted by atomic mass is 9.86. The van der Waals surface area contributed by atoms with Crippen molar-refractivity contribution < 1.29 is 33.6 Å². The van der Waals surface area contributed by atoms with Crippen molar-refractivity contribution in [1.82, 2.24) is 15.5 Å². The van der Waals surface area contributed by atoms with Gasteiger partial charge in [0.2, 0.25) is 11.8 Å². The first-order chi connectivity index (χ1) is 21.6. The Morgan fingerprint density at radius 2 is 1.84 bits per heavy atom. The maximum Gasteiger partial charge on any atom is 0.242 e. The van der Waals surface area contributed by atoms with Crippen LogP contribution in [0.1, 0.15) is 65.0 Å². The number of aryl methyl sites for hydroxylation is 1. The van der Waals surface area contributed by atoms with Gasteiger partial charge in [0.1, 0.15) is 11.8 Å². The van der Waals surface area contributed by atoms with Crippen LogP contribution in [0.4, 0.5) is 0 Å². The van der Waals surface area contributed by atoms with Gasteiger partial charge in [-0.3, -0.25) is 14.5 Å². The van der Waals surface area contributed by atoms with Crippen LogP contribution < -0.4 is 21.1 Å². The average molecular weight is 637 g/mol. The monoisotopic (exact) mass is 636 g/mol. The third-order valence-electron chi connectivity index (χ3n) is 8.60. The van der Waals surface area contributed by atoms with Crippen LogP contribution >= 0.6 is 0 Å². The van der Waals surface area contributed by atoms with Crippen molar-refractivity contribution in [2.24, 2.45) is 23.5 Å².